The number of aliphatic hydroxyl groups is 1. The minimum Gasteiger partial charge on any atom is -0.392 e. The SMILES string of the molecule is OC1CCCCCC1NC1CCSc2c(F)cccc21. The van der Waals surface area contributed by atoms with E-state index in [1.165, 1.54) is 18.9 Å². The van der Waals surface area contributed by atoms with Crippen molar-refractivity contribution in [1.82, 2.24) is 5.32 Å². The molecule has 3 unspecified atom stereocenters. The van der Waals surface area contributed by atoms with Crippen LogP contribution in [0.15, 0.2) is 23.1 Å². The Labute approximate surface area is 124 Å². The lowest BCUT2D eigenvalue weighted by Gasteiger charge is -2.32. The van der Waals surface area contributed by atoms with Crippen molar-refractivity contribution >= 4 is 11.8 Å². The van der Waals surface area contributed by atoms with E-state index in [0.29, 0.717) is 0 Å². The molecule has 1 aliphatic carbocycles. The molecule has 3 rings (SSSR count). The average Bonchev–Trinajstić information content (AvgIpc) is 2.65. The molecule has 0 radical (unpaired) electrons. The lowest BCUT2D eigenvalue weighted by molar-refractivity contribution is 0.113. The third kappa shape index (κ3) is 3.02. The maximum atomic E-state index is 13.9. The van der Waals surface area contributed by atoms with E-state index >= 15 is 0 Å². The van der Waals surface area contributed by atoms with Crippen molar-refractivity contribution in [2.24, 2.45) is 0 Å². The fourth-order valence-corrected chi connectivity index (χ4v) is 4.44. The van der Waals surface area contributed by atoms with Gasteiger partial charge >= 0.3 is 0 Å². The first kappa shape index (κ1) is 14.4. The van der Waals surface area contributed by atoms with Crippen molar-refractivity contribution in [3.63, 3.8) is 0 Å². The molecule has 1 heterocycles. The number of halogens is 1. The van der Waals surface area contributed by atoms with E-state index < -0.39 is 0 Å². The zero-order chi connectivity index (χ0) is 13.9. The predicted molar refractivity (Wildman–Crippen MR) is 80.5 cm³/mol. The van der Waals surface area contributed by atoms with Crippen LogP contribution < -0.4 is 5.32 Å². The van der Waals surface area contributed by atoms with E-state index in [9.17, 15) is 9.50 Å². The van der Waals surface area contributed by atoms with Crippen molar-refractivity contribution in [3.8, 4) is 0 Å². The van der Waals surface area contributed by atoms with Crippen LogP contribution in [0.2, 0.25) is 0 Å². The predicted octanol–water partition coefficient (Wildman–Crippen LogP) is 3.65. The van der Waals surface area contributed by atoms with Gasteiger partial charge in [0.1, 0.15) is 5.82 Å². The van der Waals surface area contributed by atoms with Crippen LogP contribution in [0, 0.1) is 5.82 Å². The fraction of sp³-hybridized carbons (Fsp3) is 0.625. The Morgan fingerprint density at radius 2 is 2.00 bits per heavy atom. The molecule has 2 N–H and O–H groups in total. The molecule has 110 valence electrons. The van der Waals surface area contributed by atoms with Crippen LogP contribution in [0.4, 0.5) is 4.39 Å². The van der Waals surface area contributed by atoms with Crippen molar-refractivity contribution in [3.05, 3.63) is 29.6 Å². The summed E-state index contributed by atoms with van der Waals surface area (Å²) in [5, 5.41) is 13.8. The number of thioether (sulfide) groups is 1. The molecule has 1 aromatic carbocycles. The molecule has 2 aliphatic rings. The quantitative estimate of drug-likeness (QED) is 0.817. The highest BCUT2D eigenvalue weighted by atomic mass is 32.2. The molecule has 4 heteroatoms. The molecule has 1 fully saturated rings. The number of benzene rings is 1. The summed E-state index contributed by atoms with van der Waals surface area (Å²) in [7, 11) is 0. The molecule has 1 aromatic rings. The molecule has 1 saturated carbocycles. The molecule has 0 bridgehead atoms. The first-order valence-electron chi connectivity index (χ1n) is 7.61. The third-order valence-corrected chi connectivity index (χ3v) is 5.58. The summed E-state index contributed by atoms with van der Waals surface area (Å²) < 4.78 is 13.9. The molecule has 3 atom stereocenters. The number of hydrogen-bond acceptors (Lipinski definition) is 3. The number of hydrogen-bond donors (Lipinski definition) is 2. The molecular formula is C16H22FNOS. The van der Waals surface area contributed by atoms with Crippen LogP contribution in [0.25, 0.3) is 0 Å². The fourth-order valence-electron chi connectivity index (χ4n) is 3.30. The second-order valence-corrected chi connectivity index (χ2v) is 6.93. The van der Waals surface area contributed by atoms with Gasteiger partial charge in [-0.2, -0.15) is 0 Å². The molecule has 0 spiro atoms. The van der Waals surface area contributed by atoms with Gasteiger partial charge in [-0.1, -0.05) is 31.4 Å². The van der Waals surface area contributed by atoms with Crippen LogP contribution >= 0.6 is 11.8 Å². The van der Waals surface area contributed by atoms with E-state index in [0.717, 1.165) is 41.9 Å². The maximum Gasteiger partial charge on any atom is 0.137 e. The summed E-state index contributed by atoms with van der Waals surface area (Å²) in [4.78, 5) is 0.791. The number of fused-ring (bicyclic) bond motifs is 1. The highest BCUT2D eigenvalue weighted by molar-refractivity contribution is 7.99. The summed E-state index contributed by atoms with van der Waals surface area (Å²) in [5.41, 5.74) is 1.07. The van der Waals surface area contributed by atoms with E-state index in [1.54, 1.807) is 17.8 Å². The van der Waals surface area contributed by atoms with E-state index in [2.05, 4.69) is 5.32 Å². The summed E-state index contributed by atoms with van der Waals surface area (Å²) in [6, 6.07) is 5.68. The minimum atomic E-state index is -0.260. The Kier molecular flexibility index (Phi) is 4.64. The molecular weight excluding hydrogens is 273 g/mol. The number of aliphatic hydroxyl groups excluding tert-OH is 1. The van der Waals surface area contributed by atoms with Gasteiger partial charge in [0, 0.05) is 17.0 Å². The van der Waals surface area contributed by atoms with E-state index in [-0.39, 0.29) is 24.0 Å². The molecule has 0 aromatic heterocycles. The Balaban J connectivity index is 1.77. The Bertz CT molecular complexity index is 468. The summed E-state index contributed by atoms with van der Waals surface area (Å²) in [6.07, 6.45) is 6.15. The van der Waals surface area contributed by atoms with Crippen LogP contribution in [0.3, 0.4) is 0 Å². The van der Waals surface area contributed by atoms with Gasteiger partial charge in [-0.05, 0) is 36.6 Å². The molecule has 20 heavy (non-hydrogen) atoms. The van der Waals surface area contributed by atoms with Crippen LogP contribution in [0.1, 0.15) is 50.1 Å². The smallest absolute Gasteiger partial charge is 0.137 e. The average molecular weight is 295 g/mol. The second kappa shape index (κ2) is 6.46. The standard InChI is InChI=1S/C16H22FNOS/c17-12-6-4-5-11-13(9-10-20-16(11)12)18-14-7-2-1-3-8-15(14)19/h4-6,13-15,18-19H,1-3,7-10H2. The Hall–Kier alpha value is -0.580. The zero-order valence-electron chi connectivity index (χ0n) is 11.6. The lowest BCUT2D eigenvalue weighted by atomic mass is 9.99. The van der Waals surface area contributed by atoms with E-state index in [4.69, 9.17) is 0 Å². The molecule has 2 nitrogen and oxygen atoms in total. The first-order chi connectivity index (χ1) is 9.75. The monoisotopic (exact) mass is 295 g/mol. The van der Waals surface area contributed by atoms with Crippen LogP contribution in [-0.4, -0.2) is 23.0 Å². The summed E-state index contributed by atoms with van der Waals surface area (Å²) in [6.45, 7) is 0. The Morgan fingerprint density at radius 3 is 2.90 bits per heavy atom. The number of nitrogens with one attached hydrogen (secondary N) is 1. The molecule has 1 aliphatic heterocycles. The van der Waals surface area contributed by atoms with Crippen LogP contribution in [0.5, 0.6) is 0 Å². The molecule has 0 amide bonds. The first-order valence-corrected chi connectivity index (χ1v) is 8.59. The zero-order valence-corrected chi connectivity index (χ0v) is 12.5. The van der Waals surface area contributed by atoms with Crippen molar-refractivity contribution in [2.45, 2.75) is 61.6 Å². The maximum absolute atomic E-state index is 13.9. The van der Waals surface area contributed by atoms with Gasteiger partial charge in [-0.25, -0.2) is 4.39 Å². The lowest BCUT2D eigenvalue weighted by Crippen LogP contribution is -2.42. The highest BCUT2D eigenvalue weighted by Crippen LogP contribution is 2.38. The van der Waals surface area contributed by atoms with Gasteiger partial charge < -0.3 is 10.4 Å². The van der Waals surface area contributed by atoms with Crippen molar-refractivity contribution < 1.29 is 9.50 Å². The topological polar surface area (TPSA) is 32.3 Å². The minimum absolute atomic E-state index is 0.111. The van der Waals surface area contributed by atoms with Gasteiger partial charge in [-0.15, -0.1) is 11.8 Å². The highest BCUT2D eigenvalue weighted by Gasteiger charge is 2.28. The van der Waals surface area contributed by atoms with Gasteiger partial charge in [0.25, 0.3) is 0 Å². The largest absolute Gasteiger partial charge is 0.392 e. The third-order valence-electron chi connectivity index (χ3n) is 4.42. The van der Waals surface area contributed by atoms with Crippen molar-refractivity contribution in [2.75, 3.05) is 5.75 Å². The number of rotatable bonds is 2. The molecule has 0 saturated heterocycles. The normalized spacial score (nSPS) is 30.6. The summed E-state index contributed by atoms with van der Waals surface area (Å²) in [5.74, 6) is 0.828. The van der Waals surface area contributed by atoms with Crippen LogP contribution in [-0.2, 0) is 0 Å². The van der Waals surface area contributed by atoms with Crippen molar-refractivity contribution in [1.29, 1.82) is 0 Å². The second-order valence-electron chi connectivity index (χ2n) is 5.83. The van der Waals surface area contributed by atoms with Gasteiger partial charge in [-0.3, -0.25) is 0 Å². The van der Waals surface area contributed by atoms with E-state index in [1.807, 2.05) is 6.07 Å². The summed E-state index contributed by atoms with van der Waals surface area (Å²) >= 11 is 1.61. The van der Waals surface area contributed by atoms with Gasteiger partial charge in [0.15, 0.2) is 0 Å². The van der Waals surface area contributed by atoms with Gasteiger partial charge in [0.05, 0.1) is 6.10 Å². The Morgan fingerprint density at radius 1 is 1.15 bits per heavy atom. The van der Waals surface area contributed by atoms with Gasteiger partial charge in [0.2, 0.25) is 0 Å².